The largest absolute Gasteiger partial charge is 0.392 e. The third kappa shape index (κ3) is 3.16. The first-order valence-electron chi connectivity index (χ1n) is 5.40. The van der Waals surface area contributed by atoms with Gasteiger partial charge in [-0.25, -0.2) is 13.5 Å². The monoisotopic (exact) mass is 315 g/mol. The second kappa shape index (κ2) is 5.61. The molecule has 2 rings (SSSR count). The lowest BCUT2D eigenvalue weighted by Gasteiger charge is -2.08. The minimum Gasteiger partial charge on any atom is -0.392 e. The van der Waals surface area contributed by atoms with Crippen LogP contribution < -0.4 is 10.3 Å². The molecule has 20 heavy (non-hydrogen) atoms. The molecule has 0 saturated carbocycles. The lowest BCUT2D eigenvalue weighted by molar-refractivity contribution is 0.282. The molecule has 1 heterocycles. The van der Waals surface area contributed by atoms with E-state index < -0.39 is 15.6 Å². The van der Waals surface area contributed by atoms with E-state index in [9.17, 15) is 13.2 Å². The highest BCUT2D eigenvalue weighted by molar-refractivity contribution is 7.92. The smallest absolute Gasteiger partial charge is 0.264 e. The predicted molar refractivity (Wildman–Crippen MR) is 73.0 cm³/mol. The first kappa shape index (κ1) is 14.5. The third-order valence-electron chi connectivity index (χ3n) is 2.42. The number of nitrogens with zero attached hydrogens (tertiary/aromatic N) is 1. The van der Waals surface area contributed by atoms with Crippen molar-refractivity contribution in [3.63, 3.8) is 0 Å². The van der Waals surface area contributed by atoms with E-state index >= 15 is 0 Å². The molecule has 0 aliphatic carbocycles. The van der Waals surface area contributed by atoms with Crippen molar-refractivity contribution >= 4 is 27.4 Å². The van der Waals surface area contributed by atoms with Gasteiger partial charge in [-0.1, -0.05) is 17.7 Å². The van der Waals surface area contributed by atoms with Crippen molar-refractivity contribution in [1.29, 1.82) is 0 Å². The maximum absolute atomic E-state index is 12.1. The Bertz CT molecular complexity index is 768. The topological polar surface area (TPSA) is 112 Å². The minimum absolute atomic E-state index is 0.0213. The van der Waals surface area contributed by atoms with Gasteiger partial charge in [0.2, 0.25) is 0 Å². The van der Waals surface area contributed by atoms with Crippen molar-refractivity contribution in [3.8, 4) is 0 Å². The van der Waals surface area contributed by atoms with Gasteiger partial charge in [-0.05, 0) is 23.8 Å². The van der Waals surface area contributed by atoms with Crippen molar-refractivity contribution in [2.75, 3.05) is 4.72 Å². The number of aromatic nitrogens is 2. The Kier molecular flexibility index (Phi) is 4.07. The standard InChI is InChI=1S/C11H10ClN3O4S/c12-9-5-8(2-1-7(9)6-16)20(18,19)15-10-3-4-11(17)14-13-10/h1-5,16H,6H2,(H,13,15)(H,14,17). The van der Waals surface area contributed by atoms with E-state index in [1.54, 1.807) is 0 Å². The average Bonchev–Trinajstić information content (AvgIpc) is 2.41. The maximum atomic E-state index is 12.1. The van der Waals surface area contributed by atoms with Gasteiger partial charge in [-0.15, -0.1) is 0 Å². The van der Waals surface area contributed by atoms with Gasteiger partial charge in [0.1, 0.15) is 0 Å². The van der Waals surface area contributed by atoms with Gasteiger partial charge in [0.25, 0.3) is 15.6 Å². The zero-order valence-electron chi connectivity index (χ0n) is 10.00. The summed E-state index contributed by atoms with van der Waals surface area (Å²) in [6, 6.07) is 6.33. The van der Waals surface area contributed by atoms with Crippen molar-refractivity contribution in [1.82, 2.24) is 10.2 Å². The van der Waals surface area contributed by atoms with Crippen LogP contribution in [0.25, 0.3) is 0 Å². The van der Waals surface area contributed by atoms with Gasteiger partial charge in [0.05, 0.1) is 11.5 Å². The van der Waals surface area contributed by atoms with E-state index in [0.29, 0.717) is 5.56 Å². The number of H-pyrrole nitrogens is 1. The van der Waals surface area contributed by atoms with Crippen LogP contribution in [-0.2, 0) is 16.6 Å². The van der Waals surface area contributed by atoms with E-state index in [1.807, 2.05) is 0 Å². The first-order chi connectivity index (χ1) is 9.42. The normalized spacial score (nSPS) is 11.3. The molecule has 0 bridgehead atoms. The molecule has 1 aromatic carbocycles. The number of aromatic amines is 1. The van der Waals surface area contributed by atoms with Crippen molar-refractivity contribution in [3.05, 3.63) is 51.3 Å². The number of anilines is 1. The molecular formula is C11H10ClN3O4S. The van der Waals surface area contributed by atoms with Crippen LogP contribution in [-0.4, -0.2) is 23.7 Å². The van der Waals surface area contributed by atoms with Gasteiger partial charge in [0.15, 0.2) is 5.82 Å². The Morgan fingerprint density at radius 1 is 1.30 bits per heavy atom. The van der Waals surface area contributed by atoms with Crippen LogP contribution in [0.15, 0.2) is 40.0 Å². The number of aliphatic hydroxyl groups excluding tert-OH is 1. The Morgan fingerprint density at radius 3 is 2.60 bits per heavy atom. The number of halogens is 1. The van der Waals surface area contributed by atoms with Crippen LogP contribution in [0.2, 0.25) is 5.02 Å². The van der Waals surface area contributed by atoms with Gasteiger partial charge in [0, 0.05) is 11.1 Å². The van der Waals surface area contributed by atoms with E-state index in [4.69, 9.17) is 16.7 Å². The van der Waals surface area contributed by atoms with Crippen molar-refractivity contribution in [2.24, 2.45) is 0 Å². The molecule has 3 N–H and O–H groups in total. The van der Waals surface area contributed by atoms with Gasteiger partial charge in [-0.3, -0.25) is 9.52 Å². The maximum Gasteiger partial charge on any atom is 0.264 e. The summed E-state index contributed by atoms with van der Waals surface area (Å²) in [6.45, 7) is -0.284. The van der Waals surface area contributed by atoms with Crippen LogP contribution in [0.3, 0.4) is 0 Å². The summed E-state index contributed by atoms with van der Waals surface area (Å²) in [5.74, 6) is -0.0213. The Labute approximate surface area is 119 Å². The average molecular weight is 316 g/mol. The third-order valence-corrected chi connectivity index (χ3v) is 4.13. The Morgan fingerprint density at radius 2 is 2.05 bits per heavy atom. The van der Waals surface area contributed by atoms with Crippen LogP contribution in [0.4, 0.5) is 5.82 Å². The molecule has 106 valence electrons. The zero-order valence-corrected chi connectivity index (χ0v) is 11.6. The number of hydrogen-bond donors (Lipinski definition) is 3. The molecule has 0 unspecified atom stereocenters. The molecule has 2 aromatic rings. The molecule has 9 heteroatoms. The second-order valence-corrected chi connectivity index (χ2v) is 5.91. The van der Waals surface area contributed by atoms with Crippen LogP contribution in [0, 0.1) is 0 Å². The predicted octanol–water partition coefficient (Wildman–Crippen LogP) is 0.716. The lowest BCUT2D eigenvalue weighted by Crippen LogP contribution is -2.16. The highest BCUT2D eigenvalue weighted by atomic mass is 35.5. The quantitative estimate of drug-likeness (QED) is 0.769. The van der Waals surface area contributed by atoms with Crippen molar-refractivity contribution < 1.29 is 13.5 Å². The summed E-state index contributed by atoms with van der Waals surface area (Å²) < 4.78 is 26.3. The molecule has 0 amide bonds. The van der Waals surface area contributed by atoms with E-state index in [2.05, 4.69) is 14.9 Å². The fourth-order valence-corrected chi connectivity index (χ4v) is 2.75. The minimum atomic E-state index is -3.87. The zero-order chi connectivity index (χ0) is 14.8. The van der Waals surface area contributed by atoms with Gasteiger partial charge < -0.3 is 5.11 Å². The highest BCUT2D eigenvalue weighted by Crippen LogP contribution is 2.22. The Balaban J connectivity index is 2.33. The lowest BCUT2D eigenvalue weighted by atomic mass is 10.2. The highest BCUT2D eigenvalue weighted by Gasteiger charge is 2.16. The van der Waals surface area contributed by atoms with Crippen LogP contribution >= 0.6 is 11.6 Å². The number of benzene rings is 1. The van der Waals surface area contributed by atoms with Crippen LogP contribution in [0.1, 0.15) is 5.56 Å². The molecular weight excluding hydrogens is 306 g/mol. The summed E-state index contributed by atoms with van der Waals surface area (Å²) in [6.07, 6.45) is 0. The molecule has 0 aliphatic rings. The van der Waals surface area contributed by atoms with E-state index in [-0.39, 0.29) is 22.3 Å². The number of aliphatic hydroxyl groups is 1. The summed E-state index contributed by atoms with van der Waals surface area (Å²) in [7, 11) is -3.87. The molecule has 0 saturated heterocycles. The van der Waals surface area contributed by atoms with Gasteiger partial charge in [-0.2, -0.15) is 5.10 Å². The Hall–Kier alpha value is -1.90. The molecule has 0 radical (unpaired) electrons. The van der Waals surface area contributed by atoms with Crippen molar-refractivity contribution in [2.45, 2.75) is 11.5 Å². The molecule has 0 atom stereocenters. The fourth-order valence-electron chi connectivity index (χ4n) is 1.42. The molecule has 0 fully saturated rings. The second-order valence-electron chi connectivity index (χ2n) is 3.82. The van der Waals surface area contributed by atoms with Gasteiger partial charge >= 0.3 is 0 Å². The summed E-state index contributed by atoms with van der Waals surface area (Å²) in [5, 5.41) is 14.8. The molecule has 0 spiro atoms. The number of sulfonamides is 1. The molecule has 7 nitrogen and oxygen atoms in total. The summed E-state index contributed by atoms with van der Waals surface area (Å²) in [4.78, 5) is 10.8. The number of nitrogens with one attached hydrogen (secondary N) is 2. The fraction of sp³-hybridized carbons (Fsp3) is 0.0909. The van der Waals surface area contributed by atoms with E-state index in [1.165, 1.54) is 24.3 Å². The number of rotatable bonds is 4. The molecule has 1 aromatic heterocycles. The van der Waals surface area contributed by atoms with E-state index in [0.717, 1.165) is 6.07 Å². The van der Waals surface area contributed by atoms with Crippen LogP contribution in [0.5, 0.6) is 0 Å². The summed E-state index contributed by atoms with van der Waals surface area (Å²) >= 11 is 5.84. The molecule has 0 aliphatic heterocycles. The number of hydrogen-bond acceptors (Lipinski definition) is 5. The SMILES string of the molecule is O=c1ccc(NS(=O)(=O)c2ccc(CO)c(Cl)c2)n[nH]1. The first-order valence-corrected chi connectivity index (χ1v) is 7.26. The summed E-state index contributed by atoms with van der Waals surface area (Å²) in [5.41, 5.74) is -0.0175.